The zero-order chi connectivity index (χ0) is 27.0. The Bertz CT molecular complexity index is 1180. The molecule has 8 nitrogen and oxygen atoms in total. The van der Waals surface area contributed by atoms with Crippen LogP contribution >= 0.6 is 0 Å². The van der Waals surface area contributed by atoms with Gasteiger partial charge in [-0.2, -0.15) is 0 Å². The molecule has 9 heteroatoms. The summed E-state index contributed by atoms with van der Waals surface area (Å²) in [6.45, 7) is 4.18. The lowest BCUT2D eigenvalue weighted by Crippen LogP contribution is -2.49. The number of nitrogens with one attached hydrogen (secondary N) is 1. The number of para-hydroxylation sites is 2. The van der Waals surface area contributed by atoms with Crippen LogP contribution in [0.2, 0.25) is 0 Å². The van der Waals surface area contributed by atoms with Crippen molar-refractivity contribution in [3.63, 3.8) is 0 Å². The Morgan fingerprint density at radius 1 is 1.08 bits per heavy atom. The fourth-order valence-electron chi connectivity index (χ4n) is 4.76. The number of carbonyl (C=O) groups is 2. The third-order valence-electron chi connectivity index (χ3n) is 6.98. The molecule has 1 N–H and O–H groups in total. The molecular weight excluding hydrogens is 490 g/mol. The highest BCUT2D eigenvalue weighted by Gasteiger charge is 2.29. The van der Waals surface area contributed by atoms with Gasteiger partial charge >= 0.3 is 0 Å². The first-order valence-electron chi connectivity index (χ1n) is 12.9. The van der Waals surface area contributed by atoms with Crippen molar-refractivity contribution in [3.8, 4) is 5.75 Å². The highest BCUT2D eigenvalue weighted by molar-refractivity contribution is 7.92. The van der Waals surface area contributed by atoms with Crippen molar-refractivity contribution < 1.29 is 22.7 Å². The van der Waals surface area contributed by atoms with E-state index in [0.717, 1.165) is 43.1 Å². The maximum atomic E-state index is 13.5. The monoisotopic (exact) mass is 529 g/mol. The van der Waals surface area contributed by atoms with Gasteiger partial charge in [0.05, 0.1) is 19.1 Å². The van der Waals surface area contributed by atoms with Crippen LogP contribution in [0.1, 0.15) is 56.6 Å². The number of rotatable bonds is 12. The van der Waals surface area contributed by atoms with Crippen LogP contribution in [0.3, 0.4) is 0 Å². The van der Waals surface area contributed by atoms with Crippen LogP contribution in [-0.2, 0) is 26.2 Å². The summed E-state index contributed by atoms with van der Waals surface area (Å²) in [4.78, 5) is 28.2. The van der Waals surface area contributed by atoms with Crippen LogP contribution in [0, 0.1) is 6.92 Å². The molecule has 0 radical (unpaired) electrons. The topological polar surface area (TPSA) is 96.0 Å². The number of ether oxygens (including phenoxy) is 1. The Morgan fingerprint density at radius 2 is 1.73 bits per heavy atom. The molecule has 37 heavy (non-hydrogen) atoms. The van der Waals surface area contributed by atoms with Gasteiger partial charge in [-0.05, 0) is 56.4 Å². The van der Waals surface area contributed by atoms with Gasteiger partial charge in [0.2, 0.25) is 21.8 Å². The van der Waals surface area contributed by atoms with Crippen LogP contribution in [0.15, 0.2) is 48.5 Å². The third kappa shape index (κ3) is 7.71. The molecule has 1 unspecified atom stereocenters. The van der Waals surface area contributed by atoms with Crippen molar-refractivity contribution in [2.24, 2.45) is 0 Å². The molecule has 1 saturated carbocycles. The van der Waals surface area contributed by atoms with Crippen molar-refractivity contribution in [3.05, 3.63) is 59.7 Å². The second-order valence-electron chi connectivity index (χ2n) is 9.72. The second kappa shape index (κ2) is 12.9. The highest BCUT2D eigenvalue weighted by atomic mass is 32.2. The number of hydrogen-bond acceptors (Lipinski definition) is 5. The molecule has 2 aromatic carbocycles. The summed E-state index contributed by atoms with van der Waals surface area (Å²) in [6, 6.07) is 14.2. The van der Waals surface area contributed by atoms with Crippen molar-refractivity contribution >= 4 is 27.5 Å². The van der Waals surface area contributed by atoms with Gasteiger partial charge in [0, 0.05) is 25.6 Å². The predicted molar refractivity (Wildman–Crippen MR) is 146 cm³/mol. The number of carbonyl (C=O) groups excluding carboxylic acids is 2. The van der Waals surface area contributed by atoms with E-state index in [1.807, 2.05) is 31.2 Å². The number of anilines is 1. The Morgan fingerprint density at radius 3 is 2.38 bits per heavy atom. The first-order chi connectivity index (χ1) is 17.6. The van der Waals surface area contributed by atoms with Crippen LogP contribution < -0.4 is 14.4 Å². The van der Waals surface area contributed by atoms with Gasteiger partial charge in [-0.25, -0.2) is 8.42 Å². The maximum Gasteiger partial charge on any atom is 0.242 e. The molecular formula is C28H39N3O5S. The largest absolute Gasteiger partial charge is 0.495 e. The third-order valence-corrected chi connectivity index (χ3v) is 8.16. The van der Waals surface area contributed by atoms with Gasteiger partial charge in [0.15, 0.2) is 0 Å². The minimum Gasteiger partial charge on any atom is -0.495 e. The van der Waals surface area contributed by atoms with Crippen LogP contribution in [0.25, 0.3) is 0 Å². The average Bonchev–Trinajstić information content (AvgIpc) is 3.38. The molecule has 3 rings (SSSR count). The summed E-state index contributed by atoms with van der Waals surface area (Å²) in [5.41, 5.74) is 2.45. The van der Waals surface area contributed by atoms with Crippen molar-refractivity contribution in [2.45, 2.75) is 71.0 Å². The van der Waals surface area contributed by atoms with Gasteiger partial charge < -0.3 is 15.0 Å². The number of methoxy groups -OCH3 is 1. The Balaban J connectivity index is 1.74. The zero-order valence-corrected chi connectivity index (χ0v) is 23.1. The van der Waals surface area contributed by atoms with Crippen LogP contribution in [0.5, 0.6) is 5.75 Å². The summed E-state index contributed by atoms with van der Waals surface area (Å²) in [5, 5.41) is 3.11. The van der Waals surface area contributed by atoms with E-state index in [2.05, 4.69) is 5.32 Å². The Hall–Kier alpha value is -3.07. The fourth-order valence-corrected chi connectivity index (χ4v) is 5.73. The quantitative estimate of drug-likeness (QED) is 0.448. The van der Waals surface area contributed by atoms with E-state index in [4.69, 9.17) is 4.74 Å². The summed E-state index contributed by atoms with van der Waals surface area (Å²) in [7, 11) is -2.11. The molecule has 0 aliphatic heterocycles. The number of benzene rings is 2. The lowest BCUT2D eigenvalue weighted by Gasteiger charge is -2.31. The first kappa shape index (κ1) is 28.5. The Kier molecular flexibility index (Phi) is 9.97. The van der Waals surface area contributed by atoms with Gasteiger partial charge in [0.1, 0.15) is 11.8 Å². The van der Waals surface area contributed by atoms with E-state index < -0.39 is 16.1 Å². The molecule has 0 bridgehead atoms. The maximum absolute atomic E-state index is 13.5. The van der Waals surface area contributed by atoms with Crippen molar-refractivity contribution in [1.29, 1.82) is 0 Å². The van der Waals surface area contributed by atoms with E-state index in [-0.39, 0.29) is 30.8 Å². The standard InChI is InChI=1S/C28H39N3O5S/c1-21-12-5-6-13-23(21)20-30(22(2)28(33)29-24-14-7-8-15-24)27(32)18-11-19-31(37(4,34)35)25-16-9-10-17-26(25)36-3/h5-6,9-10,12-13,16-17,22,24H,7-8,11,14-15,18-20H2,1-4H3,(H,29,33). The molecule has 1 aliphatic rings. The molecule has 2 aromatic rings. The molecule has 1 fully saturated rings. The summed E-state index contributed by atoms with van der Waals surface area (Å²) in [6.07, 6.45) is 5.69. The van der Waals surface area contributed by atoms with Gasteiger partial charge in [-0.15, -0.1) is 0 Å². The van der Waals surface area contributed by atoms with E-state index in [1.165, 1.54) is 11.4 Å². The highest BCUT2D eigenvalue weighted by Crippen LogP contribution is 2.30. The molecule has 0 spiro atoms. The number of aryl methyl sites for hydroxylation is 1. The summed E-state index contributed by atoms with van der Waals surface area (Å²) < 4.78 is 31.8. The van der Waals surface area contributed by atoms with E-state index in [9.17, 15) is 18.0 Å². The first-order valence-corrected chi connectivity index (χ1v) is 14.7. The number of nitrogens with zero attached hydrogens (tertiary/aromatic N) is 2. The number of hydrogen-bond donors (Lipinski definition) is 1. The van der Waals surface area contributed by atoms with Crippen molar-refractivity contribution in [1.82, 2.24) is 10.2 Å². The van der Waals surface area contributed by atoms with E-state index in [1.54, 1.807) is 36.1 Å². The van der Waals surface area contributed by atoms with Gasteiger partial charge in [-0.3, -0.25) is 13.9 Å². The molecule has 1 atom stereocenters. The normalized spacial score (nSPS) is 14.7. The molecule has 202 valence electrons. The molecule has 0 heterocycles. The summed E-state index contributed by atoms with van der Waals surface area (Å²) >= 11 is 0. The second-order valence-corrected chi connectivity index (χ2v) is 11.6. The van der Waals surface area contributed by atoms with E-state index >= 15 is 0 Å². The minimum atomic E-state index is -3.60. The lowest BCUT2D eigenvalue weighted by molar-refractivity contribution is -0.141. The fraction of sp³-hybridized carbons (Fsp3) is 0.500. The Labute approximate surface area is 221 Å². The molecule has 0 saturated heterocycles. The van der Waals surface area contributed by atoms with Gasteiger partial charge in [0.25, 0.3) is 0 Å². The number of sulfonamides is 1. The minimum absolute atomic E-state index is 0.105. The molecule has 1 aliphatic carbocycles. The molecule has 2 amide bonds. The smallest absolute Gasteiger partial charge is 0.242 e. The van der Waals surface area contributed by atoms with Crippen LogP contribution in [0.4, 0.5) is 5.69 Å². The summed E-state index contributed by atoms with van der Waals surface area (Å²) in [5.74, 6) is 0.101. The number of amides is 2. The van der Waals surface area contributed by atoms with Gasteiger partial charge in [-0.1, -0.05) is 49.2 Å². The van der Waals surface area contributed by atoms with E-state index in [0.29, 0.717) is 24.4 Å². The molecule has 0 aromatic heterocycles. The van der Waals surface area contributed by atoms with Crippen LogP contribution in [-0.4, -0.2) is 57.1 Å². The average molecular weight is 530 g/mol. The van der Waals surface area contributed by atoms with Crippen molar-refractivity contribution in [2.75, 3.05) is 24.2 Å². The SMILES string of the molecule is COc1ccccc1N(CCCC(=O)N(Cc1ccccc1C)C(C)C(=O)NC1CCCC1)S(C)(=O)=O. The zero-order valence-electron chi connectivity index (χ0n) is 22.3. The lowest BCUT2D eigenvalue weighted by atomic mass is 10.1. The predicted octanol–water partition coefficient (Wildman–Crippen LogP) is 4.03.